The van der Waals surface area contributed by atoms with Gasteiger partial charge in [-0.05, 0) is 0 Å². The van der Waals surface area contributed by atoms with Crippen molar-refractivity contribution in [2.45, 2.75) is 18.8 Å². The zero-order valence-corrected chi connectivity index (χ0v) is 12.9. The Hall–Kier alpha value is -2.41. The molecule has 0 bridgehead atoms. The Balaban J connectivity index is 2.20. The van der Waals surface area contributed by atoms with Gasteiger partial charge < -0.3 is 0 Å². The monoisotopic (exact) mass is 357 g/mol. The number of hydrogen-bond acceptors (Lipinski definition) is 3. The number of carbonyl (C=O) groups excluding carboxylic acids is 1. The highest BCUT2D eigenvalue weighted by Gasteiger charge is 2.32. The molecule has 0 unspecified atom stereocenters. The van der Waals surface area contributed by atoms with Crippen LogP contribution in [-0.4, -0.2) is 10.7 Å². The Morgan fingerprint density at radius 2 is 1.83 bits per heavy atom. The zero-order chi connectivity index (χ0) is 17.9. The summed E-state index contributed by atoms with van der Waals surface area (Å²) in [5, 5.41) is 10.1. The van der Waals surface area contributed by atoms with Crippen molar-refractivity contribution in [2.75, 3.05) is 0 Å². The average molecular weight is 358 g/mol. The van der Waals surface area contributed by atoms with Crippen molar-refractivity contribution in [2.24, 2.45) is 0 Å². The lowest BCUT2D eigenvalue weighted by atomic mass is 9.99. The number of ketones is 1. The van der Waals surface area contributed by atoms with Crippen molar-refractivity contribution in [3.63, 3.8) is 0 Å². The highest BCUT2D eigenvalue weighted by Crippen LogP contribution is 2.34. The summed E-state index contributed by atoms with van der Waals surface area (Å²) in [5.41, 5.74) is -1.41. The lowest BCUT2D eigenvalue weighted by Crippen LogP contribution is -2.16. The van der Waals surface area contributed by atoms with Crippen molar-refractivity contribution < 1.29 is 22.9 Å². The fourth-order valence-electron chi connectivity index (χ4n) is 2.11. The number of hydrogen-bond donors (Lipinski definition) is 0. The normalized spacial score (nSPS) is 11.3. The van der Waals surface area contributed by atoms with E-state index >= 15 is 0 Å². The minimum atomic E-state index is -3.26. The highest BCUT2D eigenvalue weighted by atomic mass is 35.5. The first-order valence-electron chi connectivity index (χ1n) is 6.82. The van der Waals surface area contributed by atoms with Gasteiger partial charge in [-0.3, -0.25) is 14.9 Å². The maximum atomic E-state index is 14.1. The van der Waals surface area contributed by atoms with E-state index in [1.807, 2.05) is 0 Å². The van der Waals surface area contributed by atoms with E-state index in [-0.39, 0.29) is 5.56 Å². The molecule has 0 amide bonds. The molecule has 0 saturated carbocycles. The third-order valence-electron chi connectivity index (χ3n) is 3.39. The van der Waals surface area contributed by atoms with Crippen LogP contribution in [0.5, 0.6) is 0 Å². The summed E-state index contributed by atoms with van der Waals surface area (Å²) in [5.74, 6) is -5.30. The standard InChI is InChI=1S/C16H11ClF3NO3/c17-15-12(8-11(21(23)24)9-13(15)18)14(22)6-7-16(19,20)10-4-2-1-3-5-10/h1-5,8-9H,6-7H2. The van der Waals surface area contributed by atoms with E-state index in [4.69, 9.17) is 11.6 Å². The van der Waals surface area contributed by atoms with Crippen molar-refractivity contribution in [1.82, 2.24) is 0 Å². The molecule has 0 radical (unpaired) electrons. The van der Waals surface area contributed by atoms with Gasteiger partial charge in [-0.25, -0.2) is 13.2 Å². The van der Waals surface area contributed by atoms with Gasteiger partial charge in [0, 0.05) is 30.0 Å². The zero-order valence-electron chi connectivity index (χ0n) is 12.1. The summed E-state index contributed by atoms with van der Waals surface area (Å²) in [4.78, 5) is 21.9. The van der Waals surface area contributed by atoms with E-state index < -0.39 is 51.6 Å². The molecule has 4 nitrogen and oxygen atoms in total. The van der Waals surface area contributed by atoms with Crippen LogP contribution in [0.2, 0.25) is 5.02 Å². The second kappa shape index (κ2) is 7.00. The van der Waals surface area contributed by atoms with Gasteiger partial charge in [0.05, 0.1) is 16.0 Å². The molecule has 2 aromatic carbocycles. The summed E-state index contributed by atoms with van der Waals surface area (Å²) < 4.78 is 41.7. The number of Topliss-reactive ketones (excluding diaryl/α,β-unsaturated/α-hetero) is 1. The van der Waals surface area contributed by atoms with E-state index in [1.165, 1.54) is 24.3 Å². The molecule has 0 aromatic heterocycles. The predicted molar refractivity (Wildman–Crippen MR) is 82.0 cm³/mol. The summed E-state index contributed by atoms with van der Waals surface area (Å²) in [6.45, 7) is 0. The Kier molecular flexibility index (Phi) is 5.23. The first kappa shape index (κ1) is 17.9. The number of carbonyl (C=O) groups is 1. The van der Waals surface area contributed by atoms with E-state index in [0.717, 1.165) is 6.07 Å². The SMILES string of the molecule is O=C(CCC(F)(F)c1ccccc1)c1cc([N+](=O)[O-])cc(F)c1Cl. The van der Waals surface area contributed by atoms with Gasteiger partial charge in [0.15, 0.2) is 5.78 Å². The Bertz CT molecular complexity index is 782. The number of nitro groups is 1. The Labute approximate surface area is 140 Å². The lowest BCUT2D eigenvalue weighted by molar-refractivity contribution is -0.385. The number of benzene rings is 2. The lowest BCUT2D eigenvalue weighted by Gasteiger charge is -2.16. The van der Waals surface area contributed by atoms with Gasteiger partial charge in [-0.2, -0.15) is 0 Å². The number of nitro benzene ring substituents is 1. The minimum absolute atomic E-state index is 0.255. The van der Waals surface area contributed by atoms with E-state index in [2.05, 4.69) is 0 Å². The molecule has 0 aliphatic heterocycles. The second-order valence-corrected chi connectivity index (χ2v) is 5.42. The molecule has 2 rings (SSSR count). The Morgan fingerprint density at radius 3 is 2.42 bits per heavy atom. The van der Waals surface area contributed by atoms with Crippen LogP contribution in [0.4, 0.5) is 18.9 Å². The topological polar surface area (TPSA) is 60.2 Å². The third kappa shape index (κ3) is 3.91. The minimum Gasteiger partial charge on any atom is -0.294 e. The maximum Gasteiger partial charge on any atom is 0.273 e. The molecule has 8 heteroatoms. The molecule has 0 aliphatic carbocycles. The molecule has 0 N–H and O–H groups in total. The van der Waals surface area contributed by atoms with Crippen molar-refractivity contribution in [3.05, 3.63) is 74.5 Å². The highest BCUT2D eigenvalue weighted by molar-refractivity contribution is 6.34. The molecule has 2 aromatic rings. The van der Waals surface area contributed by atoms with Crippen molar-refractivity contribution in [1.29, 1.82) is 0 Å². The largest absolute Gasteiger partial charge is 0.294 e. The second-order valence-electron chi connectivity index (χ2n) is 5.04. The van der Waals surface area contributed by atoms with Crippen LogP contribution >= 0.6 is 11.6 Å². The number of non-ortho nitro benzene ring substituents is 1. The fourth-order valence-corrected chi connectivity index (χ4v) is 2.33. The van der Waals surface area contributed by atoms with E-state index in [1.54, 1.807) is 6.07 Å². The molecule has 0 heterocycles. The number of rotatable bonds is 6. The molecule has 24 heavy (non-hydrogen) atoms. The average Bonchev–Trinajstić information content (AvgIpc) is 2.55. The number of halogens is 4. The molecule has 0 fully saturated rings. The van der Waals surface area contributed by atoms with Crippen LogP contribution in [0.3, 0.4) is 0 Å². The summed E-state index contributed by atoms with van der Waals surface area (Å²) in [6, 6.07) is 8.27. The van der Waals surface area contributed by atoms with Crippen LogP contribution < -0.4 is 0 Å². The number of nitrogens with zero attached hydrogens (tertiary/aromatic N) is 1. The van der Waals surface area contributed by atoms with Gasteiger partial charge in [0.2, 0.25) is 0 Å². The molecule has 0 spiro atoms. The van der Waals surface area contributed by atoms with Crippen LogP contribution in [0.25, 0.3) is 0 Å². The van der Waals surface area contributed by atoms with Crippen molar-refractivity contribution in [3.8, 4) is 0 Å². The Morgan fingerprint density at radius 1 is 1.21 bits per heavy atom. The third-order valence-corrected chi connectivity index (χ3v) is 3.77. The first-order chi connectivity index (χ1) is 11.2. The molecule has 0 atom stereocenters. The molecule has 0 saturated heterocycles. The summed E-state index contributed by atoms with van der Waals surface area (Å²) in [6.07, 6.45) is -1.46. The summed E-state index contributed by atoms with van der Waals surface area (Å²) >= 11 is 5.63. The maximum absolute atomic E-state index is 14.1. The number of alkyl halides is 2. The smallest absolute Gasteiger partial charge is 0.273 e. The first-order valence-corrected chi connectivity index (χ1v) is 7.20. The molecule has 0 aliphatic rings. The van der Waals surface area contributed by atoms with Crippen LogP contribution in [0, 0.1) is 15.9 Å². The van der Waals surface area contributed by atoms with Gasteiger partial charge in [0.25, 0.3) is 11.6 Å². The predicted octanol–water partition coefficient (Wildman–Crippen LogP) is 5.14. The van der Waals surface area contributed by atoms with E-state index in [9.17, 15) is 28.1 Å². The van der Waals surface area contributed by atoms with Gasteiger partial charge in [-0.15, -0.1) is 0 Å². The fraction of sp³-hybridized carbons (Fsp3) is 0.188. The van der Waals surface area contributed by atoms with Crippen molar-refractivity contribution >= 4 is 23.1 Å². The quantitative estimate of drug-likeness (QED) is 0.408. The van der Waals surface area contributed by atoms with E-state index in [0.29, 0.717) is 6.07 Å². The molecule has 126 valence electrons. The van der Waals surface area contributed by atoms with Gasteiger partial charge in [-0.1, -0.05) is 41.9 Å². The van der Waals surface area contributed by atoms with Gasteiger partial charge in [0.1, 0.15) is 5.82 Å². The summed E-state index contributed by atoms with van der Waals surface area (Å²) in [7, 11) is 0. The van der Waals surface area contributed by atoms with Crippen LogP contribution in [0.15, 0.2) is 42.5 Å². The van der Waals surface area contributed by atoms with Gasteiger partial charge >= 0.3 is 0 Å². The van der Waals surface area contributed by atoms with Crippen LogP contribution in [-0.2, 0) is 5.92 Å². The molecular weight excluding hydrogens is 347 g/mol. The molecular formula is C16H11ClF3NO3. The van der Waals surface area contributed by atoms with Crippen LogP contribution in [0.1, 0.15) is 28.8 Å².